The lowest BCUT2D eigenvalue weighted by molar-refractivity contribution is -0.274. The zero-order valence-electron chi connectivity index (χ0n) is 18.6. The van der Waals surface area contributed by atoms with Crippen molar-refractivity contribution in [2.75, 3.05) is 30.4 Å². The molecular weight excluding hydrogens is 489 g/mol. The molecule has 0 aliphatic heterocycles. The molecule has 0 bridgehead atoms. The second kappa shape index (κ2) is 10.6. The number of nitrogens with one attached hydrogen (secondary N) is 1. The molecular formula is C23H21F3N2O6S. The number of ether oxygens (including phenoxy) is 3. The van der Waals surface area contributed by atoms with Crippen molar-refractivity contribution in [3.8, 4) is 17.2 Å². The number of amides is 1. The fourth-order valence-electron chi connectivity index (χ4n) is 3.09. The summed E-state index contributed by atoms with van der Waals surface area (Å²) in [5.74, 6) is -0.587. The number of halogens is 3. The van der Waals surface area contributed by atoms with E-state index in [2.05, 4.69) is 10.1 Å². The molecule has 0 heterocycles. The number of methoxy groups -OCH3 is 2. The lowest BCUT2D eigenvalue weighted by Crippen LogP contribution is -2.38. The van der Waals surface area contributed by atoms with Crippen LogP contribution in [0.5, 0.6) is 17.2 Å². The second-order valence-electron chi connectivity index (χ2n) is 6.98. The number of nitrogens with zero attached hydrogens (tertiary/aromatic N) is 1. The molecule has 3 rings (SSSR count). The molecule has 3 aromatic carbocycles. The first-order valence-corrected chi connectivity index (χ1v) is 11.4. The van der Waals surface area contributed by atoms with Gasteiger partial charge in [-0.2, -0.15) is 0 Å². The van der Waals surface area contributed by atoms with E-state index in [1.54, 1.807) is 18.2 Å². The van der Waals surface area contributed by atoms with E-state index in [0.717, 1.165) is 16.4 Å². The van der Waals surface area contributed by atoms with Gasteiger partial charge in [0.25, 0.3) is 10.0 Å². The molecule has 0 atom stereocenters. The Balaban J connectivity index is 1.89. The maximum Gasteiger partial charge on any atom is 0.573 e. The van der Waals surface area contributed by atoms with Gasteiger partial charge in [-0.05, 0) is 48.5 Å². The number of sulfonamides is 1. The number of benzene rings is 3. The largest absolute Gasteiger partial charge is 0.573 e. The number of carbonyl (C=O) groups excluding carboxylic acids is 1. The number of anilines is 2. The topological polar surface area (TPSA) is 94.2 Å². The quantitative estimate of drug-likeness (QED) is 0.458. The van der Waals surface area contributed by atoms with Crippen LogP contribution in [-0.2, 0) is 14.8 Å². The highest BCUT2D eigenvalue weighted by molar-refractivity contribution is 7.92. The van der Waals surface area contributed by atoms with Crippen molar-refractivity contribution in [2.24, 2.45) is 0 Å². The third kappa shape index (κ3) is 6.57. The Kier molecular flexibility index (Phi) is 7.75. The van der Waals surface area contributed by atoms with Crippen molar-refractivity contribution in [1.82, 2.24) is 0 Å². The van der Waals surface area contributed by atoms with E-state index in [0.29, 0.717) is 5.75 Å². The molecule has 0 fully saturated rings. The lowest BCUT2D eigenvalue weighted by atomic mass is 10.2. The molecule has 8 nitrogen and oxygen atoms in total. The molecule has 0 aliphatic carbocycles. The fourth-order valence-corrected chi connectivity index (χ4v) is 4.52. The highest BCUT2D eigenvalue weighted by Crippen LogP contribution is 2.34. The zero-order valence-corrected chi connectivity index (χ0v) is 19.4. The zero-order chi connectivity index (χ0) is 25.6. The highest BCUT2D eigenvalue weighted by atomic mass is 32.2. The maximum atomic E-state index is 13.4. The molecule has 0 unspecified atom stereocenters. The minimum Gasteiger partial charge on any atom is -0.493 e. The molecule has 1 N–H and O–H groups in total. The van der Waals surface area contributed by atoms with Gasteiger partial charge in [-0.25, -0.2) is 8.42 Å². The van der Waals surface area contributed by atoms with E-state index >= 15 is 0 Å². The van der Waals surface area contributed by atoms with Gasteiger partial charge in [0.1, 0.15) is 12.3 Å². The van der Waals surface area contributed by atoms with Crippen LogP contribution in [0.4, 0.5) is 24.5 Å². The number of carbonyl (C=O) groups is 1. The van der Waals surface area contributed by atoms with Crippen molar-refractivity contribution in [1.29, 1.82) is 0 Å². The molecule has 0 aromatic heterocycles. The smallest absolute Gasteiger partial charge is 0.493 e. The Morgan fingerprint density at radius 3 is 2.11 bits per heavy atom. The molecule has 0 spiro atoms. The maximum absolute atomic E-state index is 13.4. The predicted molar refractivity (Wildman–Crippen MR) is 122 cm³/mol. The summed E-state index contributed by atoms with van der Waals surface area (Å²) in [5.41, 5.74) is 0.282. The minimum atomic E-state index is -4.85. The van der Waals surface area contributed by atoms with Crippen molar-refractivity contribution in [2.45, 2.75) is 11.3 Å². The van der Waals surface area contributed by atoms with Gasteiger partial charge in [0.2, 0.25) is 5.91 Å². The standard InChI is InChI=1S/C23H21F3N2O6S/c1-32-20-13-10-17(14-21(20)33-2)28(35(30,31)19-6-4-3-5-7-19)15-22(29)27-16-8-11-18(12-9-16)34-23(24,25)26/h3-14H,15H2,1-2H3,(H,27,29). The van der Waals surface area contributed by atoms with E-state index in [4.69, 9.17) is 9.47 Å². The van der Waals surface area contributed by atoms with E-state index in [1.165, 1.54) is 56.7 Å². The van der Waals surface area contributed by atoms with Crippen LogP contribution in [0, 0.1) is 0 Å². The van der Waals surface area contributed by atoms with Crippen LogP contribution in [0.3, 0.4) is 0 Å². The summed E-state index contributed by atoms with van der Waals surface area (Å²) in [4.78, 5) is 12.7. The van der Waals surface area contributed by atoms with Crippen molar-refractivity contribution >= 4 is 27.3 Å². The summed E-state index contributed by atoms with van der Waals surface area (Å²) in [5, 5.41) is 2.47. The summed E-state index contributed by atoms with van der Waals surface area (Å²) < 4.78 is 78.9. The number of hydrogen-bond acceptors (Lipinski definition) is 6. The number of hydrogen-bond donors (Lipinski definition) is 1. The van der Waals surface area contributed by atoms with Crippen LogP contribution in [0.25, 0.3) is 0 Å². The molecule has 35 heavy (non-hydrogen) atoms. The SMILES string of the molecule is COc1ccc(N(CC(=O)Nc2ccc(OC(F)(F)F)cc2)S(=O)(=O)c2ccccc2)cc1OC. The van der Waals surface area contributed by atoms with Gasteiger partial charge in [-0.15, -0.1) is 13.2 Å². The van der Waals surface area contributed by atoms with Gasteiger partial charge in [0.05, 0.1) is 24.8 Å². The molecule has 1 amide bonds. The predicted octanol–water partition coefficient (Wildman–Crippen LogP) is 4.44. The van der Waals surface area contributed by atoms with Crippen LogP contribution in [-0.4, -0.2) is 41.5 Å². The van der Waals surface area contributed by atoms with E-state index in [9.17, 15) is 26.4 Å². The van der Waals surface area contributed by atoms with Gasteiger partial charge < -0.3 is 19.5 Å². The second-order valence-corrected chi connectivity index (χ2v) is 8.85. The Morgan fingerprint density at radius 1 is 0.914 bits per heavy atom. The molecule has 0 aliphatic rings. The van der Waals surface area contributed by atoms with E-state index in [1.807, 2.05) is 0 Å². The Hall–Kier alpha value is -3.93. The summed E-state index contributed by atoms with van der Waals surface area (Å²) in [6, 6.07) is 16.3. The Labute approximate surface area is 199 Å². The molecule has 12 heteroatoms. The van der Waals surface area contributed by atoms with Crippen molar-refractivity contribution < 1.29 is 40.6 Å². The van der Waals surface area contributed by atoms with Crippen molar-refractivity contribution in [3.05, 3.63) is 72.8 Å². The van der Waals surface area contributed by atoms with Gasteiger partial charge in [0, 0.05) is 11.8 Å². The normalized spacial score (nSPS) is 11.5. The molecule has 0 radical (unpaired) electrons. The fraction of sp³-hybridized carbons (Fsp3) is 0.174. The van der Waals surface area contributed by atoms with Crippen LogP contribution in [0.15, 0.2) is 77.7 Å². The summed E-state index contributed by atoms with van der Waals surface area (Å²) >= 11 is 0. The van der Waals surface area contributed by atoms with Gasteiger partial charge in [0.15, 0.2) is 11.5 Å². The van der Waals surface area contributed by atoms with E-state index < -0.39 is 34.6 Å². The number of alkyl halides is 3. The first kappa shape index (κ1) is 25.7. The number of rotatable bonds is 9. The summed E-state index contributed by atoms with van der Waals surface area (Å²) in [7, 11) is -1.37. The first-order chi connectivity index (χ1) is 16.5. The first-order valence-electron chi connectivity index (χ1n) is 9.99. The monoisotopic (exact) mass is 510 g/mol. The van der Waals surface area contributed by atoms with Gasteiger partial charge >= 0.3 is 6.36 Å². The van der Waals surface area contributed by atoms with Crippen LogP contribution in [0.2, 0.25) is 0 Å². The van der Waals surface area contributed by atoms with Crippen LogP contribution >= 0.6 is 0 Å². The Bertz CT molecular complexity index is 1270. The van der Waals surface area contributed by atoms with Crippen molar-refractivity contribution in [3.63, 3.8) is 0 Å². The summed E-state index contributed by atoms with van der Waals surface area (Å²) in [6.07, 6.45) is -4.85. The molecule has 0 saturated heterocycles. The lowest BCUT2D eigenvalue weighted by Gasteiger charge is -2.25. The van der Waals surface area contributed by atoms with Crippen LogP contribution in [0.1, 0.15) is 0 Å². The third-order valence-electron chi connectivity index (χ3n) is 4.65. The molecule has 186 valence electrons. The van der Waals surface area contributed by atoms with Crippen LogP contribution < -0.4 is 23.8 Å². The van der Waals surface area contributed by atoms with E-state index in [-0.39, 0.29) is 22.0 Å². The average molecular weight is 510 g/mol. The summed E-state index contributed by atoms with van der Waals surface area (Å²) in [6.45, 7) is -0.631. The Morgan fingerprint density at radius 2 is 1.54 bits per heavy atom. The van der Waals surface area contributed by atoms with Gasteiger partial charge in [-0.1, -0.05) is 18.2 Å². The van der Waals surface area contributed by atoms with Gasteiger partial charge in [-0.3, -0.25) is 9.10 Å². The minimum absolute atomic E-state index is 0.0452. The average Bonchev–Trinajstić information content (AvgIpc) is 2.83. The highest BCUT2D eigenvalue weighted by Gasteiger charge is 2.31. The molecule has 0 saturated carbocycles. The molecule has 3 aromatic rings. The third-order valence-corrected chi connectivity index (χ3v) is 6.43.